The average molecular weight is 281 g/mol. The van der Waals surface area contributed by atoms with Crippen LogP contribution >= 0.6 is 0 Å². The van der Waals surface area contributed by atoms with Crippen LogP contribution in [0.2, 0.25) is 0 Å². The van der Waals surface area contributed by atoms with E-state index in [-0.39, 0.29) is 0 Å². The quantitative estimate of drug-likeness (QED) is 0.510. The molecule has 1 fully saturated rings. The lowest BCUT2D eigenvalue weighted by Crippen LogP contribution is -2.37. The molecule has 1 aromatic heterocycles. The van der Waals surface area contributed by atoms with Gasteiger partial charge in [0.15, 0.2) is 0 Å². The first-order valence-corrected chi connectivity index (χ1v) is 6.80. The Labute approximate surface area is 119 Å². The molecule has 20 heavy (non-hydrogen) atoms. The predicted octanol–water partition coefficient (Wildman–Crippen LogP) is -0.0355. The number of hydrogen-bond donors (Lipinski definition) is 3. The van der Waals surface area contributed by atoms with Gasteiger partial charge < -0.3 is 14.9 Å². The van der Waals surface area contributed by atoms with Gasteiger partial charge in [-0.2, -0.15) is 15.0 Å². The van der Waals surface area contributed by atoms with Gasteiger partial charge in [0, 0.05) is 26.7 Å². The monoisotopic (exact) mass is 281 g/mol. The Morgan fingerprint density at radius 3 is 2.50 bits per heavy atom. The number of nitrogens with zero attached hydrogens (tertiary/aromatic N) is 5. The summed E-state index contributed by atoms with van der Waals surface area (Å²) in [4.78, 5) is 16.9. The van der Waals surface area contributed by atoms with Crippen LogP contribution in [-0.2, 0) is 0 Å². The number of aliphatic hydroxyl groups is 1. The van der Waals surface area contributed by atoms with Crippen LogP contribution in [0.3, 0.4) is 0 Å². The Balaban J connectivity index is 2.25. The number of hydrogen-bond acceptors (Lipinski definition) is 8. The molecule has 2 rings (SSSR count). The first-order chi connectivity index (χ1) is 9.39. The van der Waals surface area contributed by atoms with E-state index in [4.69, 9.17) is 5.84 Å². The number of likely N-dealkylation sites (N-methyl/N-ethyl adjacent to an activating group) is 1. The predicted molar refractivity (Wildman–Crippen MR) is 78.7 cm³/mol. The molecule has 0 atom stereocenters. The van der Waals surface area contributed by atoms with Crippen molar-refractivity contribution in [3.8, 4) is 0 Å². The molecule has 0 aliphatic carbocycles. The Hall–Kier alpha value is -1.67. The first-order valence-electron chi connectivity index (χ1n) is 6.80. The van der Waals surface area contributed by atoms with E-state index in [1.54, 1.807) is 18.7 Å². The second kappa shape index (κ2) is 5.76. The minimum atomic E-state index is -0.828. The van der Waals surface area contributed by atoms with Gasteiger partial charge in [0.05, 0.1) is 5.60 Å². The number of nitrogen functional groups attached to an aromatic ring is 1. The van der Waals surface area contributed by atoms with E-state index in [2.05, 4.69) is 25.3 Å². The van der Waals surface area contributed by atoms with Crippen molar-refractivity contribution in [1.82, 2.24) is 15.0 Å². The molecule has 2 heterocycles. The maximum atomic E-state index is 9.89. The van der Waals surface area contributed by atoms with Crippen LogP contribution in [0.5, 0.6) is 0 Å². The van der Waals surface area contributed by atoms with Crippen molar-refractivity contribution in [3.63, 3.8) is 0 Å². The summed E-state index contributed by atoms with van der Waals surface area (Å²) in [6.07, 6.45) is 2.29. The molecule has 1 aliphatic heterocycles. The molecule has 0 spiro atoms. The fourth-order valence-electron chi connectivity index (χ4n) is 2.30. The number of nitrogens with one attached hydrogen (secondary N) is 1. The summed E-state index contributed by atoms with van der Waals surface area (Å²) in [5, 5.41) is 9.89. The van der Waals surface area contributed by atoms with E-state index < -0.39 is 5.60 Å². The van der Waals surface area contributed by atoms with Crippen LogP contribution in [0.15, 0.2) is 0 Å². The van der Waals surface area contributed by atoms with E-state index >= 15 is 0 Å². The van der Waals surface area contributed by atoms with Gasteiger partial charge in [-0.25, -0.2) is 5.84 Å². The maximum absolute atomic E-state index is 9.89. The van der Waals surface area contributed by atoms with Crippen LogP contribution in [0.1, 0.15) is 26.7 Å². The van der Waals surface area contributed by atoms with E-state index in [1.165, 1.54) is 0 Å². The van der Waals surface area contributed by atoms with Gasteiger partial charge in [-0.3, -0.25) is 5.43 Å². The largest absolute Gasteiger partial charge is 0.389 e. The highest BCUT2D eigenvalue weighted by Gasteiger charge is 2.21. The lowest BCUT2D eigenvalue weighted by atomic mass is 10.1. The summed E-state index contributed by atoms with van der Waals surface area (Å²) in [5.41, 5.74) is 1.64. The smallest absolute Gasteiger partial charge is 0.243 e. The lowest BCUT2D eigenvalue weighted by molar-refractivity contribution is 0.0883. The number of nitrogens with two attached hydrogens (primary N) is 1. The molecular formula is C12H23N7O. The SMILES string of the molecule is CN(CC(C)(C)O)c1nc(NN)nc(N2CCCC2)n1. The zero-order valence-corrected chi connectivity index (χ0v) is 12.3. The van der Waals surface area contributed by atoms with Gasteiger partial charge in [-0.05, 0) is 26.7 Å². The van der Waals surface area contributed by atoms with Crippen molar-refractivity contribution in [3.05, 3.63) is 0 Å². The standard InChI is InChI=1S/C12H23N7O/c1-12(2,20)8-18(3)10-14-9(17-13)15-11(16-10)19-6-4-5-7-19/h20H,4-8,13H2,1-3H3,(H,14,15,16,17). The number of aromatic nitrogens is 3. The Morgan fingerprint density at radius 1 is 1.30 bits per heavy atom. The summed E-state index contributed by atoms with van der Waals surface area (Å²) >= 11 is 0. The lowest BCUT2D eigenvalue weighted by Gasteiger charge is -2.26. The second-order valence-electron chi connectivity index (χ2n) is 5.77. The Morgan fingerprint density at radius 2 is 1.95 bits per heavy atom. The molecule has 1 saturated heterocycles. The van der Waals surface area contributed by atoms with Gasteiger partial charge in [-0.1, -0.05) is 0 Å². The van der Waals surface area contributed by atoms with Gasteiger partial charge in [-0.15, -0.1) is 0 Å². The minimum Gasteiger partial charge on any atom is -0.389 e. The molecule has 0 bridgehead atoms. The highest BCUT2D eigenvalue weighted by Crippen LogP contribution is 2.20. The van der Waals surface area contributed by atoms with E-state index in [0.717, 1.165) is 25.9 Å². The summed E-state index contributed by atoms with van der Waals surface area (Å²) in [6, 6.07) is 0. The van der Waals surface area contributed by atoms with Crippen molar-refractivity contribution in [2.24, 2.45) is 5.84 Å². The zero-order valence-electron chi connectivity index (χ0n) is 12.3. The van der Waals surface area contributed by atoms with Crippen LogP contribution in [0.4, 0.5) is 17.8 Å². The van der Waals surface area contributed by atoms with Crippen LogP contribution in [0, 0.1) is 0 Å². The summed E-state index contributed by atoms with van der Waals surface area (Å²) < 4.78 is 0. The van der Waals surface area contributed by atoms with Gasteiger partial charge in [0.2, 0.25) is 17.8 Å². The molecule has 4 N–H and O–H groups in total. The summed E-state index contributed by atoms with van der Waals surface area (Å²) in [7, 11) is 1.83. The fourth-order valence-corrected chi connectivity index (χ4v) is 2.30. The fraction of sp³-hybridized carbons (Fsp3) is 0.750. The summed E-state index contributed by atoms with van der Waals surface area (Å²) in [5.74, 6) is 6.88. The van der Waals surface area contributed by atoms with Gasteiger partial charge in [0.25, 0.3) is 0 Å². The Bertz CT molecular complexity index is 454. The minimum absolute atomic E-state index is 0.333. The molecular weight excluding hydrogens is 258 g/mol. The molecule has 0 unspecified atom stereocenters. The van der Waals surface area contributed by atoms with Gasteiger partial charge >= 0.3 is 0 Å². The maximum Gasteiger partial charge on any atom is 0.243 e. The molecule has 1 aromatic rings. The molecule has 0 amide bonds. The molecule has 112 valence electrons. The highest BCUT2D eigenvalue weighted by atomic mass is 16.3. The number of hydrazine groups is 1. The van der Waals surface area contributed by atoms with Crippen molar-refractivity contribution in [1.29, 1.82) is 0 Å². The topological polar surface area (TPSA) is 103 Å². The number of rotatable bonds is 5. The molecule has 0 saturated carbocycles. The van der Waals surface area contributed by atoms with E-state index in [1.807, 2.05) is 7.05 Å². The van der Waals surface area contributed by atoms with Crippen LogP contribution < -0.4 is 21.1 Å². The van der Waals surface area contributed by atoms with Crippen LogP contribution in [-0.4, -0.2) is 52.3 Å². The molecule has 8 heteroatoms. The second-order valence-corrected chi connectivity index (χ2v) is 5.77. The normalized spacial score (nSPS) is 15.6. The van der Waals surface area contributed by atoms with E-state index in [0.29, 0.717) is 24.4 Å². The molecule has 0 aromatic carbocycles. The van der Waals surface area contributed by atoms with Crippen molar-refractivity contribution in [2.75, 3.05) is 41.9 Å². The molecule has 8 nitrogen and oxygen atoms in total. The third kappa shape index (κ3) is 3.67. The van der Waals surface area contributed by atoms with Crippen molar-refractivity contribution in [2.45, 2.75) is 32.3 Å². The van der Waals surface area contributed by atoms with Crippen molar-refractivity contribution < 1.29 is 5.11 Å². The zero-order chi connectivity index (χ0) is 14.8. The third-order valence-electron chi connectivity index (χ3n) is 3.10. The molecule has 1 aliphatic rings. The van der Waals surface area contributed by atoms with Crippen LogP contribution in [0.25, 0.3) is 0 Å². The third-order valence-corrected chi connectivity index (χ3v) is 3.10. The van der Waals surface area contributed by atoms with Gasteiger partial charge in [0.1, 0.15) is 0 Å². The highest BCUT2D eigenvalue weighted by molar-refractivity contribution is 5.45. The first kappa shape index (κ1) is 14.7. The van der Waals surface area contributed by atoms with Crippen molar-refractivity contribution >= 4 is 17.8 Å². The number of anilines is 3. The van der Waals surface area contributed by atoms with E-state index in [9.17, 15) is 5.11 Å². The molecule has 0 radical (unpaired) electrons. The average Bonchev–Trinajstić information content (AvgIpc) is 2.90. The summed E-state index contributed by atoms with van der Waals surface area (Å²) in [6.45, 7) is 5.80. The Kier molecular flexibility index (Phi) is 4.24.